The molecule has 0 saturated carbocycles. The normalized spacial score (nSPS) is 19.1. The van der Waals surface area contributed by atoms with Crippen LogP contribution in [-0.2, 0) is 4.74 Å². The second kappa shape index (κ2) is 4.63. The van der Waals surface area contributed by atoms with Crippen LogP contribution in [0.2, 0.25) is 5.02 Å². The highest BCUT2D eigenvalue weighted by Crippen LogP contribution is 2.24. The monoisotopic (exact) mass is 254 g/mol. The molecule has 1 aromatic heterocycles. The Kier molecular flexibility index (Phi) is 3.35. The molecule has 0 radical (unpaired) electrons. The summed E-state index contributed by atoms with van der Waals surface area (Å²) in [5, 5.41) is 0.437. The first kappa shape index (κ1) is 12.3. The van der Waals surface area contributed by atoms with E-state index in [-0.39, 0.29) is 11.4 Å². The van der Waals surface area contributed by atoms with Crippen molar-refractivity contribution in [2.45, 2.75) is 19.4 Å². The molecule has 0 N–H and O–H groups in total. The summed E-state index contributed by atoms with van der Waals surface area (Å²) < 4.78 is 5.39. The van der Waals surface area contributed by atoms with Crippen LogP contribution in [0.15, 0.2) is 18.5 Å². The third-order valence-electron chi connectivity index (χ3n) is 2.89. The number of nitrogens with zero attached hydrogens (tertiary/aromatic N) is 2. The van der Waals surface area contributed by atoms with Crippen molar-refractivity contribution in [3.63, 3.8) is 0 Å². The van der Waals surface area contributed by atoms with Crippen molar-refractivity contribution >= 4 is 17.5 Å². The topological polar surface area (TPSA) is 42.4 Å². The van der Waals surface area contributed by atoms with Crippen LogP contribution in [0.5, 0.6) is 0 Å². The standard InChI is InChI=1S/C12H15ClN2O2/c1-12(2)8-17-6-5-15(12)11(16)9-7-14-4-3-10(9)13/h3-4,7H,5-6,8H2,1-2H3. The highest BCUT2D eigenvalue weighted by atomic mass is 35.5. The summed E-state index contributed by atoms with van der Waals surface area (Å²) in [5.74, 6) is -0.0867. The molecule has 1 saturated heterocycles. The lowest BCUT2D eigenvalue weighted by atomic mass is 10.0. The third-order valence-corrected chi connectivity index (χ3v) is 3.22. The Bertz CT molecular complexity index is 434. The van der Waals surface area contributed by atoms with E-state index >= 15 is 0 Å². The number of hydrogen-bond donors (Lipinski definition) is 0. The maximum absolute atomic E-state index is 12.4. The SMILES string of the molecule is CC1(C)COCCN1C(=O)c1cnccc1Cl. The number of rotatable bonds is 1. The fourth-order valence-electron chi connectivity index (χ4n) is 1.92. The minimum absolute atomic E-state index is 0.0867. The first-order valence-corrected chi connectivity index (χ1v) is 5.89. The molecular formula is C12H15ClN2O2. The number of carbonyl (C=O) groups excluding carboxylic acids is 1. The Morgan fingerprint density at radius 2 is 2.35 bits per heavy atom. The molecule has 0 spiro atoms. The van der Waals surface area contributed by atoms with Gasteiger partial charge in [-0.2, -0.15) is 0 Å². The second-order valence-electron chi connectivity index (χ2n) is 4.68. The van der Waals surface area contributed by atoms with E-state index in [0.717, 1.165) is 0 Å². The van der Waals surface area contributed by atoms with E-state index in [2.05, 4.69) is 4.98 Å². The average Bonchev–Trinajstić information content (AvgIpc) is 2.28. The van der Waals surface area contributed by atoms with Crippen LogP contribution in [0.25, 0.3) is 0 Å². The maximum atomic E-state index is 12.4. The number of amides is 1. The number of carbonyl (C=O) groups is 1. The summed E-state index contributed by atoms with van der Waals surface area (Å²) in [6.07, 6.45) is 3.08. The van der Waals surface area contributed by atoms with Crippen molar-refractivity contribution in [2.24, 2.45) is 0 Å². The lowest BCUT2D eigenvalue weighted by molar-refractivity contribution is -0.0370. The minimum atomic E-state index is -0.311. The van der Waals surface area contributed by atoms with E-state index in [1.54, 1.807) is 17.2 Å². The van der Waals surface area contributed by atoms with Gasteiger partial charge in [0.25, 0.3) is 5.91 Å². The minimum Gasteiger partial charge on any atom is -0.377 e. The fraction of sp³-hybridized carbons (Fsp3) is 0.500. The summed E-state index contributed by atoms with van der Waals surface area (Å²) >= 11 is 6.01. The van der Waals surface area contributed by atoms with Crippen LogP contribution in [0.3, 0.4) is 0 Å². The zero-order valence-electron chi connectivity index (χ0n) is 9.94. The zero-order valence-corrected chi connectivity index (χ0v) is 10.7. The molecule has 1 aliphatic rings. The molecule has 1 fully saturated rings. The molecule has 0 unspecified atom stereocenters. The first-order valence-electron chi connectivity index (χ1n) is 5.51. The number of pyridine rings is 1. The highest BCUT2D eigenvalue weighted by molar-refractivity contribution is 6.33. The van der Waals surface area contributed by atoms with Crippen molar-refractivity contribution in [2.75, 3.05) is 19.8 Å². The summed E-state index contributed by atoms with van der Waals surface area (Å²) in [7, 11) is 0. The van der Waals surface area contributed by atoms with Gasteiger partial charge in [0.1, 0.15) is 0 Å². The highest BCUT2D eigenvalue weighted by Gasteiger charge is 2.35. The predicted molar refractivity (Wildman–Crippen MR) is 65.2 cm³/mol. The second-order valence-corrected chi connectivity index (χ2v) is 5.08. The van der Waals surface area contributed by atoms with E-state index in [0.29, 0.717) is 30.3 Å². The first-order chi connectivity index (χ1) is 8.02. The molecule has 1 amide bonds. The summed E-state index contributed by atoms with van der Waals surface area (Å²) in [6.45, 7) is 5.64. The van der Waals surface area contributed by atoms with Crippen molar-refractivity contribution in [3.8, 4) is 0 Å². The summed E-state index contributed by atoms with van der Waals surface area (Å²) in [4.78, 5) is 18.1. The summed E-state index contributed by atoms with van der Waals surface area (Å²) in [6, 6.07) is 1.63. The molecule has 2 rings (SSSR count). The van der Waals surface area contributed by atoms with Crippen molar-refractivity contribution in [1.82, 2.24) is 9.88 Å². The van der Waals surface area contributed by atoms with E-state index in [1.165, 1.54) is 6.20 Å². The number of aromatic nitrogens is 1. The lowest BCUT2D eigenvalue weighted by Crippen LogP contribution is -2.55. The van der Waals surface area contributed by atoms with Gasteiger partial charge in [-0.25, -0.2) is 0 Å². The molecule has 1 aromatic rings. The molecule has 0 atom stereocenters. The van der Waals surface area contributed by atoms with Gasteiger partial charge in [0.05, 0.1) is 29.3 Å². The Morgan fingerprint density at radius 3 is 3.00 bits per heavy atom. The van der Waals surface area contributed by atoms with Crippen molar-refractivity contribution in [3.05, 3.63) is 29.0 Å². The van der Waals surface area contributed by atoms with Gasteiger partial charge in [-0.1, -0.05) is 11.6 Å². The van der Waals surface area contributed by atoms with Crippen molar-refractivity contribution in [1.29, 1.82) is 0 Å². The van der Waals surface area contributed by atoms with Gasteiger partial charge in [0, 0.05) is 18.9 Å². The largest absolute Gasteiger partial charge is 0.377 e. The van der Waals surface area contributed by atoms with Gasteiger partial charge < -0.3 is 9.64 Å². The van der Waals surface area contributed by atoms with Crippen LogP contribution < -0.4 is 0 Å². The Labute approximate surface area is 106 Å². The van der Waals surface area contributed by atoms with Crippen LogP contribution in [-0.4, -0.2) is 41.1 Å². The van der Waals surface area contributed by atoms with E-state index < -0.39 is 0 Å². The number of halogens is 1. The van der Waals surface area contributed by atoms with Gasteiger partial charge in [-0.05, 0) is 19.9 Å². The number of morpholine rings is 1. The molecule has 0 aliphatic carbocycles. The average molecular weight is 255 g/mol. The van der Waals surface area contributed by atoms with Gasteiger partial charge >= 0.3 is 0 Å². The maximum Gasteiger partial charge on any atom is 0.257 e. The molecule has 1 aliphatic heterocycles. The Balaban J connectivity index is 2.28. The smallest absolute Gasteiger partial charge is 0.257 e. The molecule has 92 valence electrons. The van der Waals surface area contributed by atoms with E-state index in [4.69, 9.17) is 16.3 Å². The molecular weight excluding hydrogens is 240 g/mol. The zero-order chi connectivity index (χ0) is 12.5. The predicted octanol–water partition coefficient (Wildman–Crippen LogP) is 1.99. The van der Waals surface area contributed by atoms with Gasteiger partial charge in [0.15, 0.2) is 0 Å². The molecule has 2 heterocycles. The molecule has 0 aromatic carbocycles. The van der Waals surface area contributed by atoms with E-state index in [1.807, 2.05) is 13.8 Å². The number of ether oxygens (including phenoxy) is 1. The molecule has 5 heteroatoms. The van der Waals surface area contributed by atoms with Gasteiger partial charge in [-0.3, -0.25) is 9.78 Å². The third kappa shape index (κ3) is 2.42. The summed E-state index contributed by atoms with van der Waals surface area (Å²) in [5.41, 5.74) is 0.137. The van der Waals surface area contributed by atoms with Gasteiger partial charge in [-0.15, -0.1) is 0 Å². The number of hydrogen-bond acceptors (Lipinski definition) is 3. The Hall–Kier alpha value is -1.13. The molecule has 17 heavy (non-hydrogen) atoms. The van der Waals surface area contributed by atoms with Crippen LogP contribution in [0.4, 0.5) is 0 Å². The molecule has 4 nitrogen and oxygen atoms in total. The Morgan fingerprint density at radius 1 is 1.59 bits per heavy atom. The van der Waals surface area contributed by atoms with Gasteiger partial charge in [0.2, 0.25) is 0 Å². The lowest BCUT2D eigenvalue weighted by Gasteiger charge is -2.42. The van der Waals surface area contributed by atoms with Crippen LogP contribution in [0, 0.1) is 0 Å². The quantitative estimate of drug-likeness (QED) is 0.770. The fourth-order valence-corrected chi connectivity index (χ4v) is 2.10. The van der Waals surface area contributed by atoms with Crippen LogP contribution in [0.1, 0.15) is 24.2 Å². The van der Waals surface area contributed by atoms with Crippen molar-refractivity contribution < 1.29 is 9.53 Å². The van der Waals surface area contributed by atoms with E-state index in [9.17, 15) is 4.79 Å². The molecule has 0 bridgehead atoms. The van der Waals surface area contributed by atoms with Crippen LogP contribution >= 0.6 is 11.6 Å².